The fourth-order valence-corrected chi connectivity index (χ4v) is 9.66. The van der Waals surface area contributed by atoms with Gasteiger partial charge in [0.2, 0.25) is 0 Å². The minimum absolute atomic E-state index is 0.608. The summed E-state index contributed by atoms with van der Waals surface area (Å²) in [6.07, 6.45) is 0. The number of rotatable bonds is 3. The van der Waals surface area contributed by atoms with Gasteiger partial charge in [-0.25, -0.2) is 15.0 Å². The molecule has 12 rings (SSSR count). The van der Waals surface area contributed by atoms with Gasteiger partial charge < -0.3 is 4.42 Å². The van der Waals surface area contributed by atoms with E-state index in [1.165, 1.54) is 47.1 Å². The van der Waals surface area contributed by atoms with Crippen LogP contribution in [0.4, 0.5) is 0 Å². The lowest BCUT2D eigenvalue weighted by atomic mass is 9.95. The van der Waals surface area contributed by atoms with Crippen LogP contribution in [0.2, 0.25) is 0 Å². The molecule has 0 unspecified atom stereocenters. The van der Waals surface area contributed by atoms with Crippen LogP contribution in [0, 0.1) is 0 Å². The summed E-state index contributed by atoms with van der Waals surface area (Å²) in [6, 6.07) is 57.9. The van der Waals surface area contributed by atoms with Crippen molar-refractivity contribution in [2.75, 3.05) is 0 Å². The van der Waals surface area contributed by atoms with Crippen LogP contribution in [0.5, 0.6) is 0 Å². The van der Waals surface area contributed by atoms with Crippen molar-refractivity contribution in [3.05, 3.63) is 164 Å². The van der Waals surface area contributed by atoms with E-state index in [2.05, 4.69) is 133 Å². The van der Waals surface area contributed by atoms with Crippen LogP contribution in [-0.4, -0.2) is 15.0 Å². The fourth-order valence-electron chi connectivity index (χ4n) is 8.33. The first kappa shape index (κ1) is 29.6. The number of para-hydroxylation sites is 1. The molecule has 0 N–H and O–H groups in total. The molecule has 0 fully saturated rings. The molecule has 9 aromatic carbocycles. The zero-order valence-corrected chi connectivity index (χ0v) is 29.6. The molecule has 5 heteroatoms. The Labute approximate surface area is 312 Å². The number of aromatic nitrogens is 3. The highest BCUT2D eigenvalue weighted by Gasteiger charge is 2.22. The van der Waals surface area contributed by atoms with Crippen LogP contribution in [0.25, 0.3) is 119 Å². The Hall–Kier alpha value is -6.95. The lowest BCUT2D eigenvalue weighted by Gasteiger charge is -2.13. The van der Waals surface area contributed by atoms with Gasteiger partial charge in [-0.2, -0.15) is 0 Å². The molecule has 0 bridgehead atoms. The van der Waals surface area contributed by atoms with Crippen LogP contribution in [0.3, 0.4) is 0 Å². The summed E-state index contributed by atoms with van der Waals surface area (Å²) < 4.78 is 8.81. The summed E-state index contributed by atoms with van der Waals surface area (Å²) in [5.41, 5.74) is 4.48. The van der Waals surface area contributed by atoms with Crippen LogP contribution in [0.15, 0.2) is 168 Å². The zero-order chi connectivity index (χ0) is 35.3. The molecule has 12 aromatic rings. The summed E-state index contributed by atoms with van der Waals surface area (Å²) in [5, 5.41) is 14.0. The molecule has 0 saturated carbocycles. The normalized spacial score (nSPS) is 12.1. The van der Waals surface area contributed by atoms with Gasteiger partial charge in [-0.1, -0.05) is 127 Å². The maximum atomic E-state index is 6.34. The van der Waals surface area contributed by atoms with E-state index in [4.69, 9.17) is 19.4 Å². The van der Waals surface area contributed by atoms with E-state index < -0.39 is 0 Å². The average molecular weight is 706 g/mol. The molecule has 0 aliphatic rings. The first-order chi connectivity index (χ1) is 26.7. The molecule has 0 aliphatic carbocycles. The molecule has 0 amide bonds. The monoisotopic (exact) mass is 705 g/mol. The summed E-state index contributed by atoms with van der Waals surface area (Å²) in [6.45, 7) is 0. The third kappa shape index (κ3) is 4.39. The Kier molecular flexibility index (Phi) is 6.18. The van der Waals surface area contributed by atoms with Gasteiger partial charge in [0.05, 0.1) is 0 Å². The zero-order valence-electron chi connectivity index (χ0n) is 28.7. The van der Waals surface area contributed by atoms with Gasteiger partial charge in [0.1, 0.15) is 11.2 Å². The summed E-state index contributed by atoms with van der Waals surface area (Å²) in [5.74, 6) is 1.88. The van der Waals surface area contributed by atoms with Crippen molar-refractivity contribution in [1.82, 2.24) is 15.0 Å². The highest BCUT2D eigenvalue weighted by molar-refractivity contribution is 7.27. The third-order valence-corrected chi connectivity index (χ3v) is 12.0. The molecule has 250 valence electrons. The fraction of sp³-hybridized carbons (Fsp3) is 0. The Morgan fingerprint density at radius 2 is 1.00 bits per heavy atom. The Balaban J connectivity index is 1.22. The van der Waals surface area contributed by atoms with Gasteiger partial charge in [-0.05, 0) is 74.1 Å². The van der Waals surface area contributed by atoms with Gasteiger partial charge in [0.15, 0.2) is 17.5 Å². The Morgan fingerprint density at radius 1 is 0.370 bits per heavy atom. The molecule has 3 heterocycles. The molecule has 0 spiro atoms. The quantitative estimate of drug-likeness (QED) is 0.172. The van der Waals surface area contributed by atoms with Gasteiger partial charge >= 0.3 is 0 Å². The predicted octanol–water partition coefficient (Wildman–Crippen LogP) is 13.8. The van der Waals surface area contributed by atoms with Crippen LogP contribution in [-0.2, 0) is 0 Å². The molecule has 3 aromatic heterocycles. The maximum Gasteiger partial charge on any atom is 0.164 e. The maximum absolute atomic E-state index is 6.34. The van der Waals surface area contributed by atoms with Crippen molar-refractivity contribution in [1.29, 1.82) is 0 Å². The smallest absolute Gasteiger partial charge is 0.164 e. The van der Waals surface area contributed by atoms with E-state index in [-0.39, 0.29) is 0 Å². The summed E-state index contributed by atoms with van der Waals surface area (Å²) in [4.78, 5) is 16.0. The number of thiophene rings is 1. The first-order valence-electron chi connectivity index (χ1n) is 18.1. The van der Waals surface area contributed by atoms with Crippen molar-refractivity contribution < 1.29 is 4.42 Å². The predicted molar refractivity (Wildman–Crippen MR) is 226 cm³/mol. The number of benzene rings is 9. The number of fused-ring (bicyclic) bond motifs is 12. The molecule has 0 radical (unpaired) electrons. The number of hydrogen-bond donors (Lipinski definition) is 0. The van der Waals surface area contributed by atoms with E-state index in [1.807, 2.05) is 41.7 Å². The standard InChI is InChI=1S/C49H27N3OS/c1-2-12-30-24-34(23-20-28(30)10-1)47-50-48(37-17-9-19-41-44(37)36-16-7-8-18-40(36)53-41)52-49(51-47)39-26-33-22-21-29-11-5-6-15-35(29)43(33)46-45(39)38-25-31-13-3-4-14-32(31)27-42(38)54-46/h1-27H. The molecule has 0 aliphatic heterocycles. The Morgan fingerprint density at radius 3 is 1.85 bits per heavy atom. The minimum atomic E-state index is 0.608. The Bertz CT molecular complexity index is 3520. The molecule has 0 saturated heterocycles. The van der Waals surface area contributed by atoms with E-state index in [0.29, 0.717) is 17.5 Å². The van der Waals surface area contributed by atoms with E-state index in [1.54, 1.807) is 0 Å². The van der Waals surface area contributed by atoms with E-state index in [9.17, 15) is 0 Å². The topological polar surface area (TPSA) is 51.8 Å². The molecule has 54 heavy (non-hydrogen) atoms. The second-order valence-corrected chi connectivity index (χ2v) is 15.0. The summed E-state index contributed by atoms with van der Waals surface area (Å²) in [7, 11) is 0. The van der Waals surface area contributed by atoms with Gasteiger partial charge in [0, 0.05) is 53.0 Å². The second-order valence-electron chi connectivity index (χ2n) is 14.0. The van der Waals surface area contributed by atoms with Crippen molar-refractivity contribution in [2.45, 2.75) is 0 Å². The molecule has 0 atom stereocenters. The highest BCUT2D eigenvalue weighted by Crippen LogP contribution is 2.47. The van der Waals surface area contributed by atoms with Gasteiger partial charge in [-0.3, -0.25) is 0 Å². The average Bonchev–Trinajstić information content (AvgIpc) is 3.80. The van der Waals surface area contributed by atoms with Crippen LogP contribution in [0.1, 0.15) is 0 Å². The van der Waals surface area contributed by atoms with Gasteiger partial charge in [0.25, 0.3) is 0 Å². The number of nitrogens with zero attached hydrogens (tertiary/aromatic N) is 3. The lowest BCUT2D eigenvalue weighted by Crippen LogP contribution is -2.01. The van der Waals surface area contributed by atoms with Crippen LogP contribution >= 0.6 is 11.3 Å². The third-order valence-electron chi connectivity index (χ3n) is 10.8. The van der Waals surface area contributed by atoms with Crippen molar-refractivity contribution >= 4 is 96.5 Å². The molecular weight excluding hydrogens is 679 g/mol. The second kappa shape index (κ2) is 11.3. The van der Waals surface area contributed by atoms with Crippen molar-refractivity contribution in [3.8, 4) is 34.2 Å². The van der Waals surface area contributed by atoms with Crippen molar-refractivity contribution in [3.63, 3.8) is 0 Å². The van der Waals surface area contributed by atoms with Gasteiger partial charge in [-0.15, -0.1) is 11.3 Å². The first-order valence-corrected chi connectivity index (χ1v) is 18.9. The largest absolute Gasteiger partial charge is 0.456 e. The number of furan rings is 1. The van der Waals surface area contributed by atoms with Crippen LogP contribution < -0.4 is 0 Å². The molecular formula is C49H27N3OS. The summed E-state index contributed by atoms with van der Waals surface area (Å²) >= 11 is 1.85. The lowest BCUT2D eigenvalue weighted by molar-refractivity contribution is 0.669. The molecule has 4 nitrogen and oxygen atoms in total. The van der Waals surface area contributed by atoms with Crippen molar-refractivity contribution in [2.24, 2.45) is 0 Å². The SMILES string of the molecule is c1ccc2cc(-c3nc(-c4cccc5oc6ccccc6c45)nc(-c4cc5ccc6ccccc6c5c5sc6cc7ccccc7cc6c45)n3)ccc2c1. The van der Waals surface area contributed by atoms with E-state index >= 15 is 0 Å². The highest BCUT2D eigenvalue weighted by atomic mass is 32.1. The minimum Gasteiger partial charge on any atom is -0.456 e. The number of hydrogen-bond acceptors (Lipinski definition) is 5. The van der Waals surface area contributed by atoms with E-state index in [0.717, 1.165) is 54.8 Å².